The van der Waals surface area contributed by atoms with Crippen molar-refractivity contribution in [3.05, 3.63) is 0 Å². The zero-order chi connectivity index (χ0) is 11.7. The van der Waals surface area contributed by atoms with E-state index < -0.39 is 19.4 Å². The molecule has 1 aliphatic heterocycles. The summed E-state index contributed by atoms with van der Waals surface area (Å²) >= 11 is 0. The lowest BCUT2D eigenvalue weighted by Crippen LogP contribution is -2.33. The van der Waals surface area contributed by atoms with Gasteiger partial charge in [-0.2, -0.15) is 0 Å². The predicted octanol–water partition coefficient (Wildman–Crippen LogP) is 2.01. The van der Waals surface area contributed by atoms with Crippen molar-refractivity contribution in [1.29, 1.82) is 0 Å². The maximum atomic E-state index is 11.8. The van der Waals surface area contributed by atoms with Gasteiger partial charge < -0.3 is 4.74 Å². The first kappa shape index (κ1) is 12.5. The Morgan fingerprint density at radius 2 is 2.07 bits per heavy atom. The zero-order valence-electron chi connectivity index (χ0n) is 9.35. The standard InChI is InChI=1S/C8H16NO5P/c1-8(2,3)14-7(10)9-5-6-13-15(9,11)12-4/h5-6H2,1-4H3. The van der Waals surface area contributed by atoms with Gasteiger partial charge in [0.25, 0.3) is 0 Å². The highest BCUT2D eigenvalue weighted by molar-refractivity contribution is 7.52. The molecule has 88 valence electrons. The first-order valence-corrected chi connectivity index (χ1v) is 6.09. The lowest BCUT2D eigenvalue weighted by molar-refractivity contribution is 0.0383. The van der Waals surface area contributed by atoms with Crippen molar-refractivity contribution in [2.75, 3.05) is 20.3 Å². The summed E-state index contributed by atoms with van der Waals surface area (Å²) in [5.41, 5.74) is -0.627. The van der Waals surface area contributed by atoms with Crippen LogP contribution in [-0.2, 0) is 18.3 Å². The van der Waals surface area contributed by atoms with Crippen molar-refractivity contribution in [1.82, 2.24) is 4.67 Å². The van der Waals surface area contributed by atoms with Crippen LogP contribution < -0.4 is 0 Å². The summed E-state index contributed by atoms with van der Waals surface area (Å²) in [6, 6.07) is 0. The topological polar surface area (TPSA) is 65.1 Å². The normalized spacial score (nSPS) is 26.8. The van der Waals surface area contributed by atoms with Gasteiger partial charge in [-0.05, 0) is 20.8 Å². The molecule has 0 bridgehead atoms. The highest BCUT2D eigenvalue weighted by Gasteiger charge is 2.43. The van der Waals surface area contributed by atoms with E-state index in [1.54, 1.807) is 20.8 Å². The Morgan fingerprint density at radius 3 is 2.53 bits per heavy atom. The molecule has 1 amide bonds. The van der Waals surface area contributed by atoms with Crippen LogP contribution in [0.25, 0.3) is 0 Å². The second-order valence-electron chi connectivity index (χ2n) is 4.09. The smallest absolute Gasteiger partial charge is 0.440 e. The minimum absolute atomic E-state index is 0.199. The number of carbonyl (C=O) groups is 1. The molecule has 7 heteroatoms. The largest absolute Gasteiger partial charge is 0.443 e. The number of hydrogen-bond donors (Lipinski definition) is 0. The van der Waals surface area contributed by atoms with Gasteiger partial charge in [-0.25, -0.2) is 14.0 Å². The fraction of sp³-hybridized carbons (Fsp3) is 0.875. The lowest BCUT2D eigenvalue weighted by Gasteiger charge is -2.25. The summed E-state index contributed by atoms with van der Waals surface area (Å²) in [4.78, 5) is 11.6. The van der Waals surface area contributed by atoms with Crippen LogP contribution in [0.4, 0.5) is 4.79 Å². The minimum Gasteiger partial charge on any atom is -0.443 e. The zero-order valence-corrected chi connectivity index (χ0v) is 10.2. The van der Waals surface area contributed by atoms with Crippen molar-refractivity contribution >= 4 is 13.8 Å². The molecule has 0 spiro atoms. The summed E-state index contributed by atoms with van der Waals surface area (Å²) in [6.45, 7) is 5.63. The summed E-state index contributed by atoms with van der Waals surface area (Å²) < 4.78 is 27.5. The van der Waals surface area contributed by atoms with Gasteiger partial charge >= 0.3 is 13.8 Å². The lowest BCUT2D eigenvalue weighted by atomic mass is 10.2. The van der Waals surface area contributed by atoms with Crippen LogP contribution >= 0.6 is 7.75 Å². The number of ether oxygens (including phenoxy) is 1. The molecule has 15 heavy (non-hydrogen) atoms. The number of hydrogen-bond acceptors (Lipinski definition) is 5. The molecule has 0 radical (unpaired) electrons. The molecule has 0 N–H and O–H groups in total. The quantitative estimate of drug-likeness (QED) is 0.652. The Morgan fingerprint density at radius 1 is 1.47 bits per heavy atom. The monoisotopic (exact) mass is 237 g/mol. The van der Waals surface area contributed by atoms with Crippen molar-refractivity contribution in [3.63, 3.8) is 0 Å². The van der Waals surface area contributed by atoms with Crippen molar-refractivity contribution < 1.29 is 23.1 Å². The molecule has 0 saturated carbocycles. The van der Waals surface area contributed by atoms with Gasteiger partial charge in [0, 0.05) is 7.11 Å². The van der Waals surface area contributed by atoms with E-state index in [1.165, 1.54) is 7.11 Å². The summed E-state index contributed by atoms with van der Waals surface area (Å²) in [7, 11) is -2.20. The van der Waals surface area contributed by atoms with E-state index >= 15 is 0 Å². The van der Waals surface area contributed by atoms with Crippen LogP contribution in [0.1, 0.15) is 20.8 Å². The highest BCUT2D eigenvalue weighted by Crippen LogP contribution is 2.55. The molecule has 0 aliphatic carbocycles. The van der Waals surface area contributed by atoms with Crippen molar-refractivity contribution in [2.45, 2.75) is 26.4 Å². The van der Waals surface area contributed by atoms with E-state index in [2.05, 4.69) is 0 Å². The van der Waals surface area contributed by atoms with Gasteiger partial charge in [0.15, 0.2) is 0 Å². The Balaban J connectivity index is 2.72. The van der Waals surface area contributed by atoms with Gasteiger partial charge in [0.1, 0.15) is 5.60 Å². The number of carbonyl (C=O) groups excluding carboxylic acids is 1. The first-order chi connectivity index (χ1) is 6.78. The van der Waals surface area contributed by atoms with Crippen molar-refractivity contribution in [2.24, 2.45) is 0 Å². The number of nitrogens with zero attached hydrogens (tertiary/aromatic N) is 1. The average molecular weight is 237 g/mol. The molecule has 6 nitrogen and oxygen atoms in total. The van der Waals surface area contributed by atoms with Gasteiger partial charge in [0.05, 0.1) is 13.2 Å². The second-order valence-corrected chi connectivity index (χ2v) is 6.13. The fourth-order valence-electron chi connectivity index (χ4n) is 1.09. The van der Waals surface area contributed by atoms with Crippen LogP contribution in [0.3, 0.4) is 0 Å². The fourth-order valence-corrected chi connectivity index (χ4v) is 2.41. The third kappa shape index (κ3) is 2.93. The Bertz CT molecular complexity index is 298. The summed E-state index contributed by atoms with van der Waals surface area (Å²) in [6.07, 6.45) is -0.676. The molecule has 1 aliphatic rings. The van der Waals surface area contributed by atoms with Crippen LogP contribution in [-0.4, -0.2) is 36.6 Å². The maximum absolute atomic E-state index is 11.8. The Kier molecular flexibility index (Phi) is 3.43. The van der Waals surface area contributed by atoms with Gasteiger partial charge in [-0.15, -0.1) is 0 Å². The van der Waals surface area contributed by atoms with E-state index in [4.69, 9.17) is 13.8 Å². The van der Waals surface area contributed by atoms with E-state index in [0.29, 0.717) is 0 Å². The van der Waals surface area contributed by atoms with E-state index in [9.17, 15) is 9.36 Å². The van der Waals surface area contributed by atoms with Crippen LogP contribution in [0, 0.1) is 0 Å². The van der Waals surface area contributed by atoms with Crippen LogP contribution in [0.2, 0.25) is 0 Å². The molecule has 1 atom stereocenters. The average Bonchev–Trinajstić information content (AvgIpc) is 2.45. The molecular formula is C8H16NO5P. The first-order valence-electron chi connectivity index (χ1n) is 4.60. The van der Waals surface area contributed by atoms with Crippen molar-refractivity contribution in [3.8, 4) is 0 Å². The SMILES string of the molecule is COP1(=O)OCCN1C(=O)OC(C)(C)C. The third-order valence-corrected chi connectivity index (χ3v) is 3.61. The van der Waals surface area contributed by atoms with E-state index in [0.717, 1.165) is 4.67 Å². The maximum Gasteiger partial charge on any atom is 0.440 e. The summed E-state index contributed by atoms with van der Waals surface area (Å²) in [5, 5.41) is 0. The molecule has 1 fully saturated rings. The van der Waals surface area contributed by atoms with Gasteiger partial charge in [-0.3, -0.25) is 9.05 Å². The molecule has 0 aromatic carbocycles. The van der Waals surface area contributed by atoms with Gasteiger partial charge in [-0.1, -0.05) is 0 Å². The van der Waals surface area contributed by atoms with Crippen LogP contribution in [0.5, 0.6) is 0 Å². The number of amides is 1. The van der Waals surface area contributed by atoms with E-state index in [-0.39, 0.29) is 13.2 Å². The number of rotatable bonds is 1. The van der Waals surface area contributed by atoms with Gasteiger partial charge in [0.2, 0.25) is 0 Å². The molecule has 0 aromatic heterocycles. The Labute approximate surface area is 89.1 Å². The molecule has 0 aromatic rings. The molecule has 1 heterocycles. The van der Waals surface area contributed by atoms with E-state index in [1.807, 2.05) is 0 Å². The second kappa shape index (κ2) is 4.12. The molecular weight excluding hydrogens is 221 g/mol. The third-order valence-electron chi connectivity index (χ3n) is 1.69. The minimum atomic E-state index is -3.44. The molecule has 1 saturated heterocycles. The predicted molar refractivity (Wildman–Crippen MR) is 53.5 cm³/mol. The summed E-state index contributed by atoms with van der Waals surface area (Å²) in [5.74, 6) is 0. The highest BCUT2D eigenvalue weighted by atomic mass is 31.2. The molecule has 1 rings (SSSR count). The Hall–Kier alpha value is -0.580. The molecule has 1 unspecified atom stereocenters. The van der Waals surface area contributed by atoms with Crippen LogP contribution in [0.15, 0.2) is 0 Å².